The summed E-state index contributed by atoms with van der Waals surface area (Å²) in [5, 5.41) is 3.56. The SMILES string of the molecule is CC1CNCCC12CCN1CCCCC12. The smallest absolute Gasteiger partial charge is 0.0156 e. The van der Waals surface area contributed by atoms with Crippen LogP contribution >= 0.6 is 0 Å². The van der Waals surface area contributed by atoms with Gasteiger partial charge in [0.2, 0.25) is 0 Å². The molecule has 3 heterocycles. The minimum absolute atomic E-state index is 0.686. The van der Waals surface area contributed by atoms with Crippen LogP contribution in [0.2, 0.25) is 0 Å². The van der Waals surface area contributed by atoms with E-state index in [1.807, 2.05) is 0 Å². The Morgan fingerprint density at radius 1 is 1.20 bits per heavy atom. The zero-order valence-electron chi connectivity index (χ0n) is 9.97. The molecule has 0 radical (unpaired) electrons. The van der Waals surface area contributed by atoms with E-state index < -0.39 is 0 Å². The third-order valence-electron chi connectivity index (χ3n) is 5.34. The van der Waals surface area contributed by atoms with E-state index in [1.165, 1.54) is 58.3 Å². The van der Waals surface area contributed by atoms with E-state index in [9.17, 15) is 0 Å². The maximum Gasteiger partial charge on any atom is 0.0156 e. The second kappa shape index (κ2) is 3.74. The van der Waals surface area contributed by atoms with Crippen LogP contribution < -0.4 is 5.32 Å². The summed E-state index contributed by atoms with van der Waals surface area (Å²) in [5.74, 6) is 0.888. The summed E-state index contributed by atoms with van der Waals surface area (Å²) in [6.07, 6.45) is 7.29. The molecule has 2 heteroatoms. The molecule has 15 heavy (non-hydrogen) atoms. The summed E-state index contributed by atoms with van der Waals surface area (Å²) in [4.78, 5) is 2.80. The predicted octanol–water partition coefficient (Wildman–Crippen LogP) is 1.86. The van der Waals surface area contributed by atoms with Crippen molar-refractivity contribution in [1.29, 1.82) is 0 Å². The van der Waals surface area contributed by atoms with Crippen molar-refractivity contribution in [2.75, 3.05) is 26.2 Å². The highest BCUT2D eigenvalue weighted by Crippen LogP contribution is 2.50. The first-order valence-electron chi connectivity index (χ1n) is 6.78. The molecule has 0 bridgehead atoms. The molecule has 0 saturated carbocycles. The summed E-state index contributed by atoms with van der Waals surface area (Å²) in [6, 6.07) is 0.934. The first kappa shape index (κ1) is 10.1. The van der Waals surface area contributed by atoms with Gasteiger partial charge in [0.05, 0.1) is 0 Å². The lowest BCUT2D eigenvalue weighted by Gasteiger charge is -2.47. The van der Waals surface area contributed by atoms with Crippen molar-refractivity contribution in [3.05, 3.63) is 0 Å². The van der Waals surface area contributed by atoms with E-state index in [-0.39, 0.29) is 0 Å². The molecular weight excluding hydrogens is 184 g/mol. The first-order valence-corrected chi connectivity index (χ1v) is 6.78. The highest BCUT2D eigenvalue weighted by atomic mass is 15.2. The summed E-state index contributed by atoms with van der Waals surface area (Å²) in [7, 11) is 0. The van der Waals surface area contributed by atoms with Crippen LogP contribution in [0.5, 0.6) is 0 Å². The Morgan fingerprint density at radius 3 is 3.00 bits per heavy atom. The largest absolute Gasteiger partial charge is 0.316 e. The van der Waals surface area contributed by atoms with Gasteiger partial charge in [-0.25, -0.2) is 0 Å². The van der Waals surface area contributed by atoms with E-state index >= 15 is 0 Å². The molecule has 3 aliphatic rings. The quantitative estimate of drug-likeness (QED) is 0.654. The minimum Gasteiger partial charge on any atom is -0.316 e. The number of hydrogen-bond donors (Lipinski definition) is 1. The summed E-state index contributed by atoms with van der Waals surface area (Å²) < 4.78 is 0. The van der Waals surface area contributed by atoms with Gasteiger partial charge in [-0.2, -0.15) is 0 Å². The second-order valence-electron chi connectivity index (χ2n) is 5.89. The number of nitrogens with zero attached hydrogens (tertiary/aromatic N) is 1. The fourth-order valence-electron chi connectivity index (χ4n) is 4.38. The molecule has 3 saturated heterocycles. The van der Waals surface area contributed by atoms with E-state index in [2.05, 4.69) is 17.1 Å². The van der Waals surface area contributed by atoms with Crippen molar-refractivity contribution in [3.8, 4) is 0 Å². The molecule has 3 rings (SSSR count). The second-order valence-corrected chi connectivity index (χ2v) is 5.89. The number of hydrogen-bond acceptors (Lipinski definition) is 2. The molecule has 1 spiro atoms. The predicted molar refractivity (Wildman–Crippen MR) is 62.9 cm³/mol. The highest BCUT2D eigenvalue weighted by molar-refractivity contribution is 5.04. The average Bonchev–Trinajstić information content (AvgIpc) is 2.64. The Morgan fingerprint density at radius 2 is 2.13 bits per heavy atom. The van der Waals surface area contributed by atoms with Crippen molar-refractivity contribution in [2.45, 2.75) is 45.1 Å². The Bertz CT molecular complexity index is 241. The van der Waals surface area contributed by atoms with Crippen molar-refractivity contribution < 1.29 is 0 Å². The van der Waals surface area contributed by atoms with Gasteiger partial charge < -0.3 is 5.32 Å². The van der Waals surface area contributed by atoms with E-state index in [0.29, 0.717) is 5.41 Å². The van der Waals surface area contributed by atoms with Gasteiger partial charge >= 0.3 is 0 Å². The van der Waals surface area contributed by atoms with Crippen LogP contribution in [0, 0.1) is 11.3 Å². The minimum atomic E-state index is 0.686. The van der Waals surface area contributed by atoms with E-state index in [1.54, 1.807) is 0 Å². The van der Waals surface area contributed by atoms with Gasteiger partial charge in [-0.1, -0.05) is 13.3 Å². The zero-order chi connectivity index (χ0) is 10.3. The molecule has 3 fully saturated rings. The lowest BCUT2D eigenvalue weighted by atomic mass is 9.65. The highest BCUT2D eigenvalue weighted by Gasteiger charge is 2.51. The standard InChI is InChI=1S/C13H24N2/c1-11-10-14-7-5-13(11)6-9-15-8-3-2-4-12(13)15/h11-12,14H,2-10H2,1H3. The molecule has 0 aliphatic carbocycles. The number of nitrogens with one attached hydrogen (secondary N) is 1. The summed E-state index contributed by atoms with van der Waals surface area (Å²) in [5.41, 5.74) is 0.686. The topological polar surface area (TPSA) is 15.3 Å². The Hall–Kier alpha value is -0.0800. The van der Waals surface area contributed by atoms with E-state index in [4.69, 9.17) is 0 Å². The van der Waals surface area contributed by atoms with Crippen molar-refractivity contribution in [1.82, 2.24) is 10.2 Å². The van der Waals surface area contributed by atoms with Gasteiger partial charge in [0.1, 0.15) is 0 Å². The van der Waals surface area contributed by atoms with Crippen molar-refractivity contribution >= 4 is 0 Å². The van der Waals surface area contributed by atoms with Crippen LogP contribution in [0.15, 0.2) is 0 Å². The Kier molecular flexibility index (Phi) is 2.52. The summed E-state index contributed by atoms with van der Waals surface area (Å²) in [6.45, 7) is 7.75. The van der Waals surface area contributed by atoms with Gasteiger partial charge in [-0.15, -0.1) is 0 Å². The zero-order valence-corrected chi connectivity index (χ0v) is 9.97. The normalized spacial score (nSPS) is 47.0. The average molecular weight is 208 g/mol. The van der Waals surface area contributed by atoms with Crippen LogP contribution in [0.1, 0.15) is 39.0 Å². The van der Waals surface area contributed by atoms with Crippen molar-refractivity contribution in [3.63, 3.8) is 0 Å². The maximum atomic E-state index is 3.56. The number of rotatable bonds is 0. The number of fused-ring (bicyclic) bond motifs is 2. The molecule has 3 aliphatic heterocycles. The molecule has 0 aromatic rings. The Balaban J connectivity index is 1.84. The lowest BCUT2D eigenvalue weighted by molar-refractivity contribution is 0.0432. The first-order chi connectivity index (χ1) is 7.33. The van der Waals surface area contributed by atoms with Gasteiger partial charge in [0.15, 0.2) is 0 Å². The molecule has 0 amide bonds. The fourth-order valence-corrected chi connectivity index (χ4v) is 4.38. The van der Waals surface area contributed by atoms with Crippen LogP contribution in [0.3, 0.4) is 0 Å². The Labute approximate surface area is 93.4 Å². The molecule has 3 atom stereocenters. The van der Waals surface area contributed by atoms with Crippen LogP contribution in [-0.2, 0) is 0 Å². The van der Waals surface area contributed by atoms with Gasteiger partial charge in [0.25, 0.3) is 0 Å². The van der Waals surface area contributed by atoms with Crippen molar-refractivity contribution in [2.24, 2.45) is 11.3 Å². The van der Waals surface area contributed by atoms with Gasteiger partial charge in [-0.3, -0.25) is 4.90 Å². The third kappa shape index (κ3) is 1.45. The third-order valence-corrected chi connectivity index (χ3v) is 5.34. The molecular formula is C13H24N2. The van der Waals surface area contributed by atoms with Crippen LogP contribution in [-0.4, -0.2) is 37.1 Å². The molecule has 3 unspecified atom stereocenters. The van der Waals surface area contributed by atoms with E-state index in [0.717, 1.165) is 12.0 Å². The van der Waals surface area contributed by atoms with Crippen LogP contribution in [0.4, 0.5) is 0 Å². The number of piperidine rings is 2. The lowest BCUT2D eigenvalue weighted by Crippen LogP contribution is -2.52. The van der Waals surface area contributed by atoms with Crippen LogP contribution in [0.25, 0.3) is 0 Å². The molecule has 1 N–H and O–H groups in total. The van der Waals surface area contributed by atoms with Gasteiger partial charge in [0, 0.05) is 6.04 Å². The molecule has 2 nitrogen and oxygen atoms in total. The monoisotopic (exact) mass is 208 g/mol. The molecule has 86 valence electrons. The maximum absolute atomic E-state index is 3.56. The molecule has 0 aromatic heterocycles. The summed E-state index contributed by atoms with van der Waals surface area (Å²) >= 11 is 0. The fraction of sp³-hybridized carbons (Fsp3) is 1.00. The molecule has 0 aromatic carbocycles. The van der Waals surface area contributed by atoms with Gasteiger partial charge in [-0.05, 0) is 63.2 Å².